The van der Waals surface area contributed by atoms with Crippen LogP contribution < -0.4 is 0 Å². The molecule has 1 saturated carbocycles. The van der Waals surface area contributed by atoms with Gasteiger partial charge in [-0.25, -0.2) is 0 Å². The van der Waals surface area contributed by atoms with E-state index in [9.17, 15) is 9.90 Å². The maximum Gasteiger partial charge on any atom is 0.253 e. The Morgan fingerprint density at radius 1 is 1.50 bits per heavy atom. The van der Waals surface area contributed by atoms with Crippen molar-refractivity contribution in [2.24, 2.45) is 5.92 Å². The number of aliphatic hydroxyl groups excluding tert-OH is 1. The van der Waals surface area contributed by atoms with Crippen LogP contribution in [-0.4, -0.2) is 35.6 Å². The average Bonchev–Trinajstić information content (AvgIpc) is 2.26. The van der Waals surface area contributed by atoms with E-state index in [0.29, 0.717) is 23.0 Å². The highest BCUT2D eigenvalue weighted by Gasteiger charge is 2.29. The van der Waals surface area contributed by atoms with Gasteiger partial charge in [-0.2, -0.15) is 0 Å². The molecule has 2 rings (SSSR count). The van der Waals surface area contributed by atoms with Gasteiger partial charge in [0.25, 0.3) is 5.91 Å². The molecule has 0 bridgehead atoms. The van der Waals surface area contributed by atoms with Gasteiger partial charge < -0.3 is 10.0 Å². The highest BCUT2D eigenvalue weighted by Crippen LogP contribution is 2.28. The van der Waals surface area contributed by atoms with E-state index in [-0.39, 0.29) is 12.0 Å². The van der Waals surface area contributed by atoms with Crippen molar-refractivity contribution in [3.63, 3.8) is 0 Å². The van der Waals surface area contributed by atoms with Crippen molar-refractivity contribution in [1.29, 1.82) is 0 Å². The maximum absolute atomic E-state index is 12.3. The zero-order valence-electron chi connectivity index (χ0n) is 10.7. The zero-order chi connectivity index (χ0) is 13.3. The molecular weight excluding hydrogens is 250 g/mol. The fourth-order valence-corrected chi connectivity index (χ4v) is 2.62. The smallest absolute Gasteiger partial charge is 0.253 e. The molecule has 1 amide bonds. The second-order valence-corrected chi connectivity index (χ2v) is 5.57. The summed E-state index contributed by atoms with van der Waals surface area (Å²) in [6, 6.07) is 5.31. The van der Waals surface area contributed by atoms with Crippen LogP contribution in [0.3, 0.4) is 0 Å². The van der Waals surface area contributed by atoms with Crippen LogP contribution in [0, 0.1) is 12.8 Å². The normalized spacial score (nSPS) is 22.4. The van der Waals surface area contributed by atoms with Crippen LogP contribution in [-0.2, 0) is 0 Å². The van der Waals surface area contributed by atoms with Crippen LogP contribution in [0.1, 0.15) is 28.8 Å². The van der Waals surface area contributed by atoms with Crippen LogP contribution in [0.2, 0.25) is 5.02 Å². The van der Waals surface area contributed by atoms with E-state index in [0.717, 1.165) is 18.4 Å². The minimum absolute atomic E-state index is 0.0190. The standard InChI is InChI=1S/C14H18ClNO2/c1-9-5-11(15)3-4-13(9)14(18)16(2)8-10-6-12(17)7-10/h3-5,10,12,17H,6-8H2,1-2H3. The van der Waals surface area contributed by atoms with Gasteiger partial charge in [0.2, 0.25) is 0 Å². The highest BCUT2D eigenvalue weighted by atomic mass is 35.5. The van der Waals surface area contributed by atoms with Crippen molar-refractivity contribution in [2.75, 3.05) is 13.6 Å². The first kappa shape index (κ1) is 13.4. The Kier molecular flexibility index (Phi) is 3.93. The summed E-state index contributed by atoms with van der Waals surface area (Å²) in [4.78, 5) is 14.0. The van der Waals surface area contributed by atoms with Gasteiger partial charge in [0.15, 0.2) is 0 Å². The minimum Gasteiger partial charge on any atom is -0.393 e. The van der Waals surface area contributed by atoms with Crippen LogP contribution in [0.25, 0.3) is 0 Å². The number of rotatable bonds is 3. The first-order valence-corrected chi connectivity index (χ1v) is 6.55. The van der Waals surface area contributed by atoms with Gasteiger partial charge in [-0.15, -0.1) is 0 Å². The van der Waals surface area contributed by atoms with E-state index in [4.69, 9.17) is 11.6 Å². The Hall–Kier alpha value is -1.06. The van der Waals surface area contributed by atoms with Gasteiger partial charge in [0, 0.05) is 24.2 Å². The number of halogens is 1. The second kappa shape index (κ2) is 5.29. The second-order valence-electron chi connectivity index (χ2n) is 5.14. The van der Waals surface area contributed by atoms with E-state index < -0.39 is 0 Å². The SMILES string of the molecule is Cc1cc(Cl)ccc1C(=O)N(C)CC1CC(O)C1. The van der Waals surface area contributed by atoms with Crippen LogP contribution in [0.4, 0.5) is 0 Å². The van der Waals surface area contributed by atoms with E-state index in [1.165, 1.54) is 0 Å². The lowest BCUT2D eigenvalue weighted by molar-refractivity contribution is 0.0265. The summed E-state index contributed by atoms with van der Waals surface area (Å²) >= 11 is 5.88. The maximum atomic E-state index is 12.3. The minimum atomic E-state index is -0.171. The fourth-order valence-electron chi connectivity index (χ4n) is 2.39. The van der Waals surface area contributed by atoms with Gasteiger partial charge >= 0.3 is 0 Å². The molecule has 1 fully saturated rings. The summed E-state index contributed by atoms with van der Waals surface area (Å²) in [6.45, 7) is 2.60. The summed E-state index contributed by atoms with van der Waals surface area (Å²) in [7, 11) is 1.81. The number of amides is 1. The topological polar surface area (TPSA) is 40.5 Å². The van der Waals surface area contributed by atoms with Crippen LogP contribution in [0.5, 0.6) is 0 Å². The number of aliphatic hydroxyl groups is 1. The summed E-state index contributed by atoms with van der Waals surface area (Å²) < 4.78 is 0. The number of carbonyl (C=O) groups excluding carboxylic acids is 1. The Bertz CT molecular complexity index is 455. The Labute approximate surface area is 112 Å². The van der Waals surface area contributed by atoms with Crippen molar-refractivity contribution in [2.45, 2.75) is 25.9 Å². The molecule has 0 unspecified atom stereocenters. The molecule has 1 aromatic carbocycles. The number of carbonyl (C=O) groups is 1. The third kappa shape index (κ3) is 2.85. The monoisotopic (exact) mass is 267 g/mol. The van der Waals surface area contributed by atoms with Gasteiger partial charge in [-0.3, -0.25) is 4.79 Å². The number of nitrogens with zero attached hydrogens (tertiary/aromatic N) is 1. The third-order valence-electron chi connectivity index (χ3n) is 3.51. The van der Waals surface area contributed by atoms with Crippen molar-refractivity contribution >= 4 is 17.5 Å². The molecule has 1 aromatic rings. The lowest BCUT2D eigenvalue weighted by Gasteiger charge is -2.34. The predicted octanol–water partition coefficient (Wildman–Crippen LogP) is 2.49. The van der Waals surface area contributed by atoms with Gasteiger partial charge in [0.05, 0.1) is 6.10 Å². The molecule has 0 heterocycles. The number of benzene rings is 1. The lowest BCUT2D eigenvalue weighted by Crippen LogP contribution is -2.39. The van der Waals surface area contributed by atoms with Gasteiger partial charge in [0.1, 0.15) is 0 Å². The van der Waals surface area contributed by atoms with Gasteiger partial charge in [-0.1, -0.05) is 11.6 Å². The molecule has 0 atom stereocenters. The van der Waals surface area contributed by atoms with Crippen molar-refractivity contribution in [1.82, 2.24) is 4.90 Å². The van der Waals surface area contributed by atoms with Crippen molar-refractivity contribution in [3.05, 3.63) is 34.3 Å². The van der Waals surface area contributed by atoms with E-state index in [1.807, 2.05) is 6.92 Å². The van der Waals surface area contributed by atoms with Crippen molar-refractivity contribution in [3.8, 4) is 0 Å². The zero-order valence-corrected chi connectivity index (χ0v) is 11.4. The Balaban J connectivity index is 2.01. The quantitative estimate of drug-likeness (QED) is 0.914. The first-order valence-electron chi connectivity index (χ1n) is 6.17. The van der Waals surface area contributed by atoms with E-state index in [1.54, 1.807) is 30.1 Å². The molecule has 3 nitrogen and oxygen atoms in total. The Morgan fingerprint density at radius 3 is 2.72 bits per heavy atom. The molecule has 1 aliphatic rings. The number of hydrogen-bond donors (Lipinski definition) is 1. The number of aryl methyl sites for hydroxylation is 1. The first-order chi connectivity index (χ1) is 8.47. The van der Waals surface area contributed by atoms with Crippen LogP contribution >= 0.6 is 11.6 Å². The largest absolute Gasteiger partial charge is 0.393 e. The van der Waals surface area contributed by atoms with Crippen molar-refractivity contribution < 1.29 is 9.90 Å². The molecule has 0 aromatic heterocycles. The van der Waals surface area contributed by atoms with E-state index in [2.05, 4.69) is 0 Å². The third-order valence-corrected chi connectivity index (χ3v) is 3.74. The Morgan fingerprint density at radius 2 is 2.17 bits per heavy atom. The molecule has 0 saturated heterocycles. The summed E-state index contributed by atoms with van der Waals surface area (Å²) in [5, 5.41) is 9.89. The molecular formula is C14H18ClNO2. The molecule has 98 valence electrons. The predicted molar refractivity (Wildman–Crippen MR) is 71.9 cm³/mol. The lowest BCUT2D eigenvalue weighted by atomic mass is 9.82. The average molecular weight is 268 g/mol. The number of hydrogen-bond acceptors (Lipinski definition) is 2. The highest BCUT2D eigenvalue weighted by molar-refractivity contribution is 6.30. The molecule has 0 spiro atoms. The fraction of sp³-hybridized carbons (Fsp3) is 0.500. The van der Waals surface area contributed by atoms with Crippen LogP contribution in [0.15, 0.2) is 18.2 Å². The molecule has 1 aliphatic carbocycles. The summed E-state index contributed by atoms with van der Waals surface area (Å²) in [5.41, 5.74) is 1.59. The summed E-state index contributed by atoms with van der Waals surface area (Å²) in [5.74, 6) is 0.451. The summed E-state index contributed by atoms with van der Waals surface area (Å²) in [6.07, 6.45) is 1.44. The van der Waals surface area contributed by atoms with Gasteiger partial charge in [-0.05, 0) is 49.4 Å². The molecule has 0 aliphatic heterocycles. The van der Waals surface area contributed by atoms with E-state index >= 15 is 0 Å². The molecule has 0 radical (unpaired) electrons. The molecule has 18 heavy (non-hydrogen) atoms. The molecule has 4 heteroatoms. The molecule has 1 N–H and O–H groups in total.